The van der Waals surface area contributed by atoms with Crippen molar-refractivity contribution in [1.82, 2.24) is 0 Å². The van der Waals surface area contributed by atoms with Crippen LogP contribution < -0.4 is 0 Å². The summed E-state index contributed by atoms with van der Waals surface area (Å²) in [7, 11) is 0. The van der Waals surface area contributed by atoms with Crippen molar-refractivity contribution < 1.29 is 0 Å². The Morgan fingerprint density at radius 1 is 0.486 bits per heavy atom. The van der Waals surface area contributed by atoms with Crippen LogP contribution in [0.1, 0.15) is 152 Å². The number of allylic oxidation sites excluding steroid dienone is 2. The van der Waals surface area contributed by atoms with Gasteiger partial charge in [-0.05, 0) is 71.9 Å². The lowest BCUT2D eigenvalue weighted by molar-refractivity contribution is 0.565. The molecule has 0 aromatic heterocycles. The zero-order valence-corrected chi connectivity index (χ0v) is 24.3. The summed E-state index contributed by atoms with van der Waals surface area (Å²) in [5.41, 5.74) is 9.58. The second-order valence-electron chi connectivity index (χ2n) is 12.2. The molecule has 2 aliphatic carbocycles. The van der Waals surface area contributed by atoms with Crippen LogP contribution in [0.3, 0.4) is 0 Å². The molecule has 0 saturated carbocycles. The third-order valence-electron chi connectivity index (χ3n) is 9.23. The molecule has 0 heterocycles. The Bertz CT molecular complexity index is 898. The molecule has 0 radical (unpaired) electrons. The van der Waals surface area contributed by atoms with Crippen molar-refractivity contribution in [3.63, 3.8) is 0 Å². The normalized spacial score (nSPS) is 15.0. The largest absolute Gasteiger partial charge is 0.0873 e. The van der Waals surface area contributed by atoms with Crippen LogP contribution in [0.4, 0.5) is 0 Å². The second-order valence-corrected chi connectivity index (χ2v) is 12.2. The summed E-state index contributed by atoms with van der Waals surface area (Å²) in [6.45, 7) is 4.61. The highest BCUT2D eigenvalue weighted by molar-refractivity contribution is 5.82. The van der Waals surface area contributed by atoms with Gasteiger partial charge in [-0.25, -0.2) is 0 Å². The molecule has 2 aliphatic rings. The van der Waals surface area contributed by atoms with Gasteiger partial charge in [0.05, 0.1) is 0 Å². The third-order valence-corrected chi connectivity index (χ3v) is 9.23. The highest BCUT2D eigenvalue weighted by Gasteiger charge is 2.43. The zero-order chi connectivity index (χ0) is 25.8. The Kier molecular flexibility index (Phi) is 11.4. The Morgan fingerprint density at radius 3 is 1.27 bits per heavy atom. The molecule has 2 aromatic carbocycles. The summed E-state index contributed by atoms with van der Waals surface area (Å²) in [6.07, 6.45) is 32.1. The Labute approximate surface area is 229 Å². The lowest BCUT2D eigenvalue weighted by Crippen LogP contribution is -2.21. The number of rotatable bonds is 18. The van der Waals surface area contributed by atoms with Gasteiger partial charge in [0.15, 0.2) is 0 Å². The van der Waals surface area contributed by atoms with Crippen LogP contribution >= 0.6 is 0 Å². The van der Waals surface area contributed by atoms with Crippen LogP contribution in [0.15, 0.2) is 48.6 Å². The average Bonchev–Trinajstić information content (AvgIpc) is 3.52. The number of aryl methyl sites for hydroxylation is 2. The van der Waals surface area contributed by atoms with E-state index in [1.54, 1.807) is 22.3 Å². The fourth-order valence-corrected chi connectivity index (χ4v) is 6.92. The molecule has 0 bridgehead atoms. The molecular formula is C37H54. The number of unbranched alkanes of at least 4 members (excludes halogenated alkanes) is 14. The van der Waals surface area contributed by atoms with Crippen molar-refractivity contribution in [2.24, 2.45) is 0 Å². The van der Waals surface area contributed by atoms with Gasteiger partial charge in [-0.3, -0.25) is 0 Å². The van der Waals surface area contributed by atoms with E-state index in [0.29, 0.717) is 0 Å². The first kappa shape index (κ1) is 28.2. The molecule has 37 heavy (non-hydrogen) atoms. The fourth-order valence-electron chi connectivity index (χ4n) is 6.92. The third kappa shape index (κ3) is 7.40. The first-order valence-corrected chi connectivity index (χ1v) is 16.2. The van der Waals surface area contributed by atoms with Gasteiger partial charge in [-0.2, -0.15) is 0 Å². The van der Waals surface area contributed by atoms with Gasteiger partial charge < -0.3 is 0 Å². The predicted octanol–water partition coefficient (Wildman–Crippen LogP) is 11.7. The highest BCUT2D eigenvalue weighted by atomic mass is 14.5. The summed E-state index contributed by atoms with van der Waals surface area (Å²) in [6, 6.07) is 15.0. The summed E-state index contributed by atoms with van der Waals surface area (Å²) in [4.78, 5) is 0. The van der Waals surface area contributed by atoms with Crippen molar-refractivity contribution in [2.45, 2.75) is 148 Å². The minimum Gasteiger partial charge on any atom is -0.0873 e. The molecule has 0 nitrogen and oxygen atoms in total. The summed E-state index contributed by atoms with van der Waals surface area (Å²) < 4.78 is 0. The summed E-state index contributed by atoms with van der Waals surface area (Å²) in [5, 5.41) is 0. The van der Waals surface area contributed by atoms with E-state index in [1.807, 2.05) is 0 Å². The monoisotopic (exact) mass is 498 g/mol. The van der Waals surface area contributed by atoms with Crippen LogP contribution in [-0.2, 0) is 18.3 Å². The minimum absolute atomic E-state index is 0.204. The van der Waals surface area contributed by atoms with E-state index < -0.39 is 0 Å². The molecule has 202 valence electrons. The van der Waals surface area contributed by atoms with Gasteiger partial charge in [0.2, 0.25) is 0 Å². The molecule has 0 amide bonds. The highest BCUT2D eigenvalue weighted by Crippen LogP contribution is 2.55. The maximum Gasteiger partial charge on any atom is 0.0284 e. The van der Waals surface area contributed by atoms with Gasteiger partial charge >= 0.3 is 0 Å². The van der Waals surface area contributed by atoms with Gasteiger partial charge in [0, 0.05) is 5.41 Å². The molecule has 0 N–H and O–H groups in total. The molecule has 4 rings (SSSR count). The van der Waals surface area contributed by atoms with E-state index in [1.165, 1.54) is 140 Å². The number of hydrogen-bond donors (Lipinski definition) is 0. The molecule has 0 unspecified atom stereocenters. The fraction of sp³-hybridized carbons (Fsp3) is 0.622. The van der Waals surface area contributed by atoms with E-state index in [0.717, 1.165) is 0 Å². The van der Waals surface area contributed by atoms with Crippen molar-refractivity contribution in [3.05, 3.63) is 70.8 Å². The zero-order valence-electron chi connectivity index (χ0n) is 24.3. The quantitative estimate of drug-likeness (QED) is 0.142. The first-order chi connectivity index (χ1) is 18.3. The molecule has 0 saturated heterocycles. The number of fused-ring (bicyclic) bond motifs is 5. The van der Waals surface area contributed by atoms with Crippen LogP contribution in [0.5, 0.6) is 0 Å². The number of hydrogen-bond acceptors (Lipinski definition) is 0. The summed E-state index contributed by atoms with van der Waals surface area (Å²) in [5.74, 6) is 0. The molecule has 0 heteroatoms. The van der Waals surface area contributed by atoms with Gasteiger partial charge in [0.1, 0.15) is 0 Å². The molecule has 0 aliphatic heterocycles. The van der Waals surface area contributed by atoms with E-state index in [4.69, 9.17) is 0 Å². The van der Waals surface area contributed by atoms with Crippen molar-refractivity contribution in [3.8, 4) is 11.1 Å². The van der Waals surface area contributed by atoms with E-state index >= 15 is 0 Å². The van der Waals surface area contributed by atoms with E-state index in [2.05, 4.69) is 62.4 Å². The SMILES string of the molecule is CCCCCCCCCCc1ccc2c(c1)C1(CC=CC1)c1cc(CCCCCCCCCC)ccc1-2. The Hall–Kier alpha value is -1.82. The van der Waals surface area contributed by atoms with Gasteiger partial charge in [0.25, 0.3) is 0 Å². The second kappa shape index (κ2) is 14.9. The van der Waals surface area contributed by atoms with Crippen molar-refractivity contribution in [1.29, 1.82) is 0 Å². The number of benzene rings is 2. The minimum atomic E-state index is 0.204. The predicted molar refractivity (Wildman–Crippen MR) is 164 cm³/mol. The van der Waals surface area contributed by atoms with Crippen LogP contribution in [-0.4, -0.2) is 0 Å². The maximum absolute atomic E-state index is 2.60. The lowest BCUT2D eigenvalue weighted by atomic mass is 9.75. The molecule has 0 atom stereocenters. The standard InChI is InChI=1S/C37H54/c1-3-5-7-9-11-13-15-17-21-31-23-25-33-34-26-24-32(22-18-16-14-12-10-8-6-4-2)30-36(34)37(35(33)29-31)27-19-20-28-37/h19-20,23-26,29-30H,3-18,21-22,27-28H2,1-2H3. The maximum atomic E-state index is 2.60. The molecule has 1 spiro atoms. The topological polar surface area (TPSA) is 0 Å². The van der Waals surface area contributed by atoms with Crippen molar-refractivity contribution in [2.75, 3.05) is 0 Å². The van der Waals surface area contributed by atoms with Crippen LogP contribution in [0.25, 0.3) is 11.1 Å². The lowest BCUT2D eigenvalue weighted by Gasteiger charge is -2.27. The smallest absolute Gasteiger partial charge is 0.0284 e. The van der Waals surface area contributed by atoms with Crippen LogP contribution in [0.2, 0.25) is 0 Å². The molecule has 2 aromatic rings. The van der Waals surface area contributed by atoms with E-state index in [9.17, 15) is 0 Å². The Morgan fingerprint density at radius 2 is 0.865 bits per heavy atom. The van der Waals surface area contributed by atoms with E-state index in [-0.39, 0.29) is 5.41 Å². The molecule has 0 fully saturated rings. The molecular weight excluding hydrogens is 444 g/mol. The van der Waals surface area contributed by atoms with Crippen LogP contribution in [0, 0.1) is 0 Å². The average molecular weight is 499 g/mol. The van der Waals surface area contributed by atoms with Crippen molar-refractivity contribution >= 4 is 0 Å². The van der Waals surface area contributed by atoms with Gasteiger partial charge in [-0.15, -0.1) is 0 Å². The summed E-state index contributed by atoms with van der Waals surface area (Å²) >= 11 is 0. The first-order valence-electron chi connectivity index (χ1n) is 16.2. The Balaban J connectivity index is 1.33. The van der Waals surface area contributed by atoms with Gasteiger partial charge in [-0.1, -0.05) is 152 Å².